The molecule has 19 heavy (non-hydrogen) atoms. The molecule has 0 aliphatic rings. The lowest BCUT2D eigenvalue weighted by Gasteiger charge is -2.22. The van der Waals surface area contributed by atoms with E-state index in [4.69, 9.17) is 11.6 Å². The normalized spacial score (nSPS) is 10.5. The maximum absolute atomic E-state index is 13.7. The van der Waals surface area contributed by atoms with Crippen LogP contribution in [0, 0.1) is 5.82 Å². The van der Waals surface area contributed by atoms with E-state index in [9.17, 15) is 4.39 Å². The van der Waals surface area contributed by atoms with Crippen LogP contribution in [0.2, 0.25) is 0 Å². The molecule has 0 saturated carbocycles. The average Bonchev–Trinajstić information content (AvgIpc) is 2.45. The van der Waals surface area contributed by atoms with Gasteiger partial charge in [0.2, 0.25) is 0 Å². The minimum absolute atomic E-state index is 0.182. The Labute approximate surface area is 117 Å². The minimum Gasteiger partial charge on any atom is -0.374 e. The molecule has 0 saturated heterocycles. The van der Waals surface area contributed by atoms with E-state index in [0.717, 1.165) is 18.7 Å². The van der Waals surface area contributed by atoms with Gasteiger partial charge in [-0.2, -0.15) is 0 Å². The van der Waals surface area contributed by atoms with Crippen molar-refractivity contribution < 1.29 is 4.39 Å². The van der Waals surface area contributed by atoms with E-state index in [1.165, 1.54) is 11.6 Å². The van der Waals surface area contributed by atoms with Crippen LogP contribution >= 0.6 is 11.6 Å². The zero-order valence-electron chi connectivity index (χ0n) is 10.8. The summed E-state index contributed by atoms with van der Waals surface area (Å²) in [6.07, 6.45) is 4.45. The molecule has 0 aliphatic heterocycles. The summed E-state index contributed by atoms with van der Waals surface area (Å²) in [6.45, 7) is 0.803. The molecule has 0 aliphatic carbocycles. The van der Waals surface area contributed by atoms with E-state index in [1.54, 1.807) is 18.5 Å². The smallest absolute Gasteiger partial charge is 0.129 e. The van der Waals surface area contributed by atoms with Crippen LogP contribution in [0.3, 0.4) is 0 Å². The first kappa shape index (κ1) is 13.8. The van der Waals surface area contributed by atoms with Crippen molar-refractivity contribution in [2.75, 3.05) is 18.5 Å². The zero-order valence-corrected chi connectivity index (χ0v) is 11.6. The summed E-state index contributed by atoms with van der Waals surface area (Å²) in [5.41, 5.74) is 2.62. The first-order valence-corrected chi connectivity index (χ1v) is 6.69. The standard InChI is InChI=1S/C15H16ClFN2/c1-19(10-7-12-5-8-18-9-6-12)15-4-2-3-14(17)13(15)11-16/h2-6,8-9H,7,10-11H2,1H3. The number of benzene rings is 1. The summed E-state index contributed by atoms with van der Waals surface area (Å²) in [5.74, 6) is -0.0648. The first-order valence-electron chi connectivity index (χ1n) is 6.15. The highest BCUT2D eigenvalue weighted by Crippen LogP contribution is 2.24. The average molecular weight is 279 g/mol. The molecule has 1 aromatic carbocycles. The Morgan fingerprint density at radius 1 is 1.21 bits per heavy atom. The molecular formula is C15H16ClFN2. The highest BCUT2D eigenvalue weighted by molar-refractivity contribution is 6.17. The molecule has 0 spiro atoms. The van der Waals surface area contributed by atoms with Crippen LogP contribution < -0.4 is 4.90 Å². The second kappa shape index (κ2) is 6.53. The molecule has 0 atom stereocenters. The molecule has 0 fully saturated rings. The molecule has 0 radical (unpaired) electrons. The lowest BCUT2D eigenvalue weighted by atomic mass is 10.1. The highest BCUT2D eigenvalue weighted by Gasteiger charge is 2.10. The topological polar surface area (TPSA) is 16.1 Å². The highest BCUT2D eigenvalue weighted by atomic mass is 35.5. The van der Waals surface area contributed by atoms with Crippen molar-refractivity contribution in [3.05, 3.63) is 59.7 Å². The maximum Gasteiger partial charge on any atom is 0.129 e. The monoisotopic (exact) mass is 278 g/mol. The quantitative estimate of drug-likeness (QED) is 0.777. The van der Waals surface area contributed by atoms with Crippen LogP contribution in [0.15, 0.2) is 42.7 Å². The maximum atomic E-state index is 13.7. The van der Waals surface area contributed by atoms with E-state index < -0.39 is 0 Å². The molecule has 2 aromatic rings. The summed E-state index contributed by atoms with van der Waals surface area (Å²) in [5, 5.41) is 0. The van der Waals surface area contributed by atoms with Gasteiger partial charge in [0.05, 0.1) is 5.88 Å². The van der Waals surface area contributed by atoms with Crippen LogP contribution in [0.5, 0.6) is 0 Å². The molecule has 2 rings (SSSR count). The number of nitrogens with zero attached hydrogens (tertiary/aromatic N) is 2. The number of hydrogen-bond acceptors (Lipinski definition) is 2. The number of halogens is 2. The SMILES string of the molecule is CN(CCc1ccncc1)c1cccc(F)c1CCl. The molecule has 0 N–H and O–H groups in total. The Balaban J connectivity index is 2.08. The van der Waals surface area contributed by atoms with E-state index in [1.807, 2.05) is 30.1 Å². The van der Waals surface area contributed by atoms with Crippen LogP contribution in [0.4, 0.5) is 10.1 Å². The van der Waals surface area contributed by atoms with E-state index in [2.05, 4.69) is 4.98 Å². The van der Waals surface area contributed by atoms with Crippen molar-refractivity contribution in [3.8, 4) is 0 Å². The van der Waals surface area contributed by atoms with Crippen LogP contribution in [-0.4, -0.2) is 18.6 Å². The fourth-order valence-electron chi connectivity index (χ4n) is 2.00. The largest absolute Gasteiger partial charge is 0.374 e. The Morgan fingerprint density at radius 2 is 1.95 bits per heavy atom. The van der Waals surface area contributed by atoms with Gasteiger partial charge in [0, 0.05) is 37.2 Å². The van der Waals surface area contributed by atoms with Crippen molar-refractivity contribution in [3.63, 3.8) is 0 Å². The van der Waals surface area contributed by atoms with Gasteiger partial charge in [-0.1, -0.05) is 6.07 Å². The molecule has 0 amide bonds. The van der Waals surface area contributed by atoms with Gasteiger partial charge in [0.15, 0.2) is 0 Å². The Bertz CT molecular complexity index is 531. The predicted molar refractivity (Wildman–Crippen MR) is 77.2 cm³/mol. The summed E-state index contributed by atoms with van der Waals surface area (Å²) < 4.78 is 13.7. The molecule has 0 bridgehead atoms. The molecule has 4 heteroatoms. The molecule has 2 nitrogen and oxygen atoms in total. The fraction of sp³-hybridized carbons (Fsp3) is 0.267. The Hall–Kier alpha value is -1.61. The van der Waals surface area contributed by atoms with Gasteiger partial charge in [0.1, 0.15) is 5.82 Å². The predicted octanol–water partition coefficient (Wildman–Crippen LogP) is 3.64. The molecule has 1 aromatic heterocycles. The van der Waals surface area contributed by atoms with Gasteiger partial charge in [-0.05, 0) is 36.2 Å². The van der Waals surface area contributed by atoms with Gasteiger partial charge >= 0.3 is 0 Å². The lowest BCUT2D eigenvalue weighted by molar-refractivity contribution is 0.616. The molecule has 100 valence electrons. The van der Waals surface area contributed by atoms with E-state index in [-0.39, 0.29) is 11.7 Å². The third-order valence-corrected chi connectivity index (χ3v) is 3.39. The number of hydrogen-bond donors (Lipinski definition) is 0. The number of aromatic nitrogens is 1. The third-order valence-electron chi connectivity index (χ3n) is 3.12. The van der Waals surface area contributed by atoms with Crippen molar-refractivity contribution in [1.82, 2.24) is 4.98 Å². The lowest BCUT2D eigenvalue weighted by Crippen LogP contribution is -2.21. The Morgan fingerprint density at radius 3 is 2.63 bits per heavy atom. The summed E-state index contributed by atoms with van der Waals surface area (Å²) in [7, 11) is 1.95. The number of alkyl halides is 1. The van der Waals surface area contributed by atoms with Crippen molar-refractivity contribution in [2.45, 2.75) is 12.3 Å². The summed E-state index contributed by atoms with van der Waals surface area (Å²) in [6, 6.07) is 9.03. The van der Waals surface area contributed by atoms with Gasteiger partial charge in [-0.25, -0.2) is 4.39 Å². The number of pyridine rings is 1. The molecular weight excluding hydrogens is 263 g/mol. The van der Waals surface area contributed by atoms with Crippen LogP contribution in [0.25, 0.3) is 0 Å². The van der Waals surface area contributed by atoms with Crippen molar-refractivity contribution >= 4 is 17.3 Å². The van der Waals surface area contributed by atoms with Crippen LogP contribution in [0.1, 0.15) is 11.1 Å². The van der Waals surface area contributed by atoms with Crippen molar-refractivity contribution in [1.29, 1.82) is 0 Å². The number of anilines is 1. The molecule has 1 heterocycles. The Kier molecular flexibility index (Phi) is 4.74. The fourth-order valence-corrected chi connectivity index (χ4v) is 2.27. The van der Waals surface area contributed by atoms with Gasteiger partial charge in [-0.3, -0.25) is 4.98 Å². The van der Waals surface area contributed by atoms with Crippen molar-refractivity contribution in [2.24, 2.45) is 0 Å². The summed E-state index contributed by atoms with van der Waals surface area (Å²) in [4.78, 5) is 6.02. The second-order valence-corrected chi connectivity index (χ2v) is 4.67. The van der Waals surface area contributed by atoms with Gasteiger partial charge < -0.3 is 4.90 Å². The van der Waals surface area contributed by atoms with Crippen LogP contribution in [-0.2, 0) is 12.3 Å². The first-order chi connectivity index (χ1) is 9.22. The summed E-state index contributed by atoms with van der Waals surface area (Å²) >= 11 is 5.82. The zero-order chi connectivity index (χ0) is 13.7. The van der Waals surface area contributed by atoms with Gasteiger partial charge in [-0.15, -0.1) is 11.6 Å². The molecule has 0 unspecified atom stereocenters. The number of likely N-dealkylation sites (N-methyl/N-ethyl adjacent to an activating group) is 1. The third kappa shape index (κ3) is 3.44. The minimum atomic E-state index is -0.247. The van der Waals surface area contributed by atoms with E-state index in [0.29, 0.717) is 5.56 Å². The van der Waals surface area contributed by atoms with Gasteiger partial charge in [0.25, 0.3) is 0 Å². The van der Waals surface area contributed by atoms with E-state index >= 15 is 0 Å². The number of rotatable bonds is 5. The second-order valence-electron chi connectivity index (χ2n) is 4.40.